The van der Waals surface area contributed by atoms with E-state index in [0.717, 1.165) is 55.5 Å². The molecule has 0 unspecified atom stereocenters. The zero-order valence-corrected chi connectivity index (χ0v) is 31.1. The van der Waals surface area contributed by atoms with Crippen molar-refractivity contribution in [2.24, 2.45) is 0 Å². The van der Waals surface area contributed by atoms with Crippen LogP contribution >= 0.6 is 0 Å². The monoisotopic (exact) mass is 662 g/mol. The fourth-order valence-corrected chi connectivity index (χ4v) is 7.94. The van der Waals surface area contributed by atoms with Gasteiger partial charge < -0.3 is 9.80 Å². The number of hydrogen-bond acceptors (Lipinski definition) is 3. The number of anilines is 2. The molecule has 50 heavy (non-hydrogen) atoms. The maximum atomic E-state index is 9.93. The minimum absolute atomic E-state index is 0.0859. The molecule has 3 aliphatic rings. The van der Waals surface area contributed by atoms with Gasteiger partial charge in [-0.15, -0.1) is 0 Å². The number of para-hydroxylation sites is 2. The lowest BCUT2D eigenvalue weighted by Gasteiger charge is -2.27. The molecule has 2 aromatic rings. The van der Waals surface area contributed by atoms with Crippen LogP contribution < -0.4 is 9.80 Å². The van der Waals surface area contributed by atoms with Gasteiger partial charge >= 0.3 is 0 Å². The molecule has 1 saturated carbocycles. The van der Waals surface area contributed by atoms with Crippen LogP contribution in [-0.2, 0) is 10.8 Å². The van der Waals surface area contributed by atoms with Crippen LogP contribution in [0.1, 0.15) is 104 Å². The molecule has 0 bridgehead atoms. The summed E-state index contributed by atoms with van der Waals surface area (Å²) >= 11 is 0. The molecule has 0 aromatic heterocycles. The van der Waals surface area contributed by atoms with E-state index in [1.54, 1.807) is 0 Å². The van der Waals surface area contributed by atoms with Gasteiger partial charge in [0.2, 0.25) is 0 Å². The third-order valence-corrected chi connectivity index (χ3v) is 10.7. The maximum absolute atomic E-state index is 9.93. The van der Waals surface area contributed by atoms with Crippen LogP contribution in [0.5, 0.6) is 0 Å². The van der Waals surface area contributed by atoms with E-state index in [-0.39, 0.29) is 16.5 Å². The number of fused-ring (bicyclic) bond motifs is 2. The Hall–Kier alpha value is -4.80. The van der Waals surface area contributed by atoms with Crippen LogP contribution in [0.2, 0.25) is 0 Å². The summed E-state index contributed by atoms with van der Waals surface area (Å²) in [6.45, 7) is 23.6. The molecule has 5 rings (SSSR count). The second kappa shape index (κ2) is 16.3. The molecule has 2 aliphatic heterocycles. The highest BCUT2D eigenvalue weighted by Crippen LogP contribution is 2.49. The lowest BCUT2D eigenvalue weighted by atomic mass is 9.84. The number of hydrogen-bond donors (Lipinski definition) is 0. The van der Waals surface area contributed by atoms with Crippen LogP contribution in [0.15, 0.2) is 131 Å². The number of nitriles is 1. The molecule has 0 saturated heterocycles. The van der Waals surface area contributed by atoms with E-state index in [0.29, 0.717) is 0 Å². The minimum Gasteiger partial charge on any atom is -0.344 e. The molecule has 4 nitrogen and oxygen atoms in total. The lowest BCUT2D eigenvalue weighted by Crippen LogP contribution is -2.27. The highest BCUT2D eigenvalue weighted by atomic mass is 15.2. The first-order chi connectivity index (χ1) is 24.2. The number of allylic oxidation sites excluding steroid dienone is 14. The second-order valence-electron chi connectivity index (χ2n) is 14.7. The average Bonchev–Trinajstić information content (AvgIpc) is 3.68. The van der Waals surface area contributed by atoms with Crippen molar-refractivity contribution in [2.75, 3.05) is 22.9 Å². The molecule has 258 valence electrons. The zero-order chi connectivity index (χ0) is 35.7. The summed E-state index contributed by atoms with van der Waals surface area (Å²) in [5, 5.41) is 9.93. The molecule has 0 atom stereocenters. The van der Waals surface area contributed by atoms with Crippen molar-refractivity contribution in [3.05, 3.63) is 153 Å². The van der Waals surface area contributed by atoms with E-state index in [2.05, 4.69) is 159 Å². The van der Waals surface area contributed by atoms with E-state index >= 15 is 0 Å². The Bertz CT molecular complexity index is 1720. The van der Waals surface area contributed by atoms with Crippen molar-refractivity contribution >= 4 is 11.4 Å². The van der Waals surface area contributed by atoms with E-state index in [4.69, 9.17) is 6.57 Å². The number of rotatable bonds is 12. The predicted molar refractivity (Wildman–Crippen MR) is 212 cm³/mol. The van der Waals surface area contributed by atoms with E-state index in [1.807, 2.05) is 0 Å². The smallest absolute Gasteiger partial charge is 0.269 e. The lowest BCUT2D eigenvalue weighted by molar-refractivity contribution is 0.619. The van der Waals surface area contributed by atoms with Crippen LogP contribution in [0, 0.1) is 17.9 Å². The van der Waals surface area contributed by atoms with Crippen molar-refractivity contribution in [3.8, 4) is 6.07 Å². The van der Waals surface area contributed by atoms with Gasteiger partial charge in [0, 0.05) is 46.7 Å². The van der Waals surface area contributed by atoms with Crippen LogP contribution in [0.3, 0.4) is 0 Å². The van der Waals surface area contributed by atoms with Crippen molar-refractivity contribution in [1.82, 2.24) is 0 Å². The van der Waals surface area contributed by atoms with Gasteiger partial charge in [-0.3, -0.25) is 0 Å². The third kappa shape index (κ3) is 7.37. The Kier molecular flexibility index (Phi) is 11.9. The first-order valence-electron chi connectivity index (χ1n) is 18.6. The maximum Gasteiger partial charge on any atom is 0.269 e. The van der Waals surface area contributed by atoms with Crippen molar-refractivity contribution < 1.29 is 0 Å². The van der Waals surface area contributed by atoms with Crippen molar-refractivity contribution in [3.63, 3.8) is 0 Å². The number of benzene rings is 2. The molecular formula is C46H54N4. The quantitative estimate of drug-likeness (QED) is 0.129. The highest BCUT2D eigenvalue weighted by molar-refractivity contribution is 5.72. The fourth-order valence-electron chi connectivity index (χ4n) is 7.94. The van der Waals surface area contributed by atoms with E-state index in [9.17, 15) is 5.26 Å². The summed E-state index contributed by atoms with van der Waals surface area (Å²) in [6, 6.07) is 19.7. The molecule has 2 aromatic carbocycles. The van der Waals surface area contributed by atoms with E-state index in [1.165, 1.54) is 59.6 Å². The minimum atomic E-state index is -0.0859. The first-order valence-corrected chi connectivity index (χ1v) is 18.6. The van der Waals surface area contributed by atoms with Crippen molar-refractivity contribution in [1.29, 1.82) is 5.26 Å². The predicted octanol–water partition coefficient (Wildman–Crippen LogP) is 12.2. The number of unbranched alkanes of at least 4 members (excludes halogenated alkanes) is 4. The summed E-state index contributed by atoms with van der Waals surface area (Å²) in [4.78, 5) is 8.64. The van der Waals surface area contributed by atoms with Gasteiger partial charge in [-0.1, -0.05) is 140 Å². The summed E-state index contributed by atoms with van der Waals surface area (Å²) in [7, 11) is 0. The summed E-state index contributed by atoms with van der Waals surface area (Å²) < 4.78 is 0. The topological polar surface area (TPSA) is 34.6 Å². The molecule has 0 radical (unpaired) electrons. The molecular weight excluding hydrogens is 609 g/mol. The van der Waals surface area contributed by atoms with Gasteiger partial charge in [0.15, 0.2) is 0 Å². The van der Waals surface area contributed by atoms with Gasteiger partial charge in [-0.05, 0) is 77.8 Å². The Morgan fingerprint density at radius 3 is 1.52 bits per heavy atom. The normalized spacial score (nSPS) is 20.8. The second-order valence-corrected chi connectivity index (χ2v) is 14.7. The third-order valence-electron chi connectivity index (χ3n) is 10.7. The molecule has 1 aliphatic carbocycles. The summed E-state index contributed by atoms with van der Waals surface area (Å²) in [5.41, 5.74) is 10.9. The number of nitrogens with zero attached hydrogens (tertiary/aromatic N) is 4. The van der Waals surface area contributed by atoms with Crippen molar-refractivity contribution in [2.45, 2.75) is 104 Å². The Morgan fingerprint density at radius 1 is 0.700 bits per heavy atom. The SMILES string of the molecule is [C-]#[N+]C(C#N)=C1C(=CC=CC=C2N(CCCCC)c3ccccc3C2(C)C)CCC1=CC=CC=C1N(CCCCC)c2ccccc2C1(C)C. The fraction of sp³-hybridized carbons (Fsp3) is 0.391. The van der Waals surface area contributed by atoms with Crippen LogP contribution in [0.25, 0.3) is 4.85 Å². The van der Waals surface area contributed by atoms with Crippen LogP contribution in [-0.4, -0.2) is 13.1 Å². The molecule has 0 spiro atoms. The zero-order valence-electron chi connectivity index (χ0n) is 31.1. The van der Waals surface area contributed by atoms with Gasteiger partial charge in [0.05, 0.1) is 12.6 Å². The molecule has 2 heterocycles. The molecule has 1 fully saturated rings. The summed E-state index contributed by atoms with van der Waals surface area (Å²) in [5.74, 6) is 0. The largest absolute Gasteiger partial charge is 0.344 e. The average molecular weight is 663 g/mol. The van der Waals surface area contributed by atoms with Gasteiger partial charge in [-0.2, -0.15) is 0 Å². The Morgan fingerprint density at radius 2 is 1.12 bits per heavy atom. The van der Waals surface area contributed by atoms with E-state index < -0.39 is 0 Å². The van der Waals surface area contributed by atoms with Gasteiger partial charge in [-0.25, -0.2) is 10.1 Å². The standard InChI is InChI=1S/C46H54N4/c1-8-10-20-32-49-40-26-16-14-24-37(40)45(3,4)42(49)28-18-12-22-35-30-31-36(44(35)39(34-47)48-7)23-13-19-29-43-46(5,6)38-25-15-17-27-41(38)50(43)33-21-11-9-2/h12-19,22-29H,8-11,20-21,30-33H2,1-6H3. The van der Waals surface area contributed by atoms with Gasteiger partial charge in [0.25, 0.3) is 5.70 Å². The van der Waals surface area contributed by atoms with Crippen LogP contribution in [0.4, 0.5) is 11.4 Å². The molecule has 0 amide bonds. The first kappa shape index (κ1) is 36.5. The Balaban J connectivity index is 1.39. The molecule has 0 N–H and O–H groups in total. The highest BCUT2D eigenvalue weighted by Gasteiger charge is 2.40. The summed E-state index contributed by atoms with van der Waals surface area (Å²) in [6.07, 6.45) is 25.9. The van der Waals surface area contributed by atoms with Gasteiger partial charge in [0.1, 0.15) is 0 Å². The molecule has 4 heteroatoms. The Labute approximate surface area is 302 Å².